The Hall–Kier alpha value is -1.69. The SMILES string of the molecule is CC(C)(C)OC(=O)c1c(-c2cccc(F)c2)noc1Br. The summed E-state index contributed by atoms with van der Waals surface area (Å²) < 4.78 is 23.7. The molecule has 0 amide bonds. The third kappa shape index (κ3) is 3.25. The lowest BCUT2D eigenvalue weighted by Gasteiger charge is -2.19. The van der Waals surface area contributed by atoms with Crippen molar-refractivity contribution in [3.63, 3.8) is 0 Å². The molecule has 0 spiro atoms. The summed E-state index contributed by atoms with van der Waals surface area (Å²) in [4.78, 5) is 12.2. The molecule has 0 saturated carbocycles. The Bertz CT molecular complexity index is 646. The van der Waals surface area contributed by atoms with Gasteiger partial charge >= 0.3 is 5.97 Å². The molecule has 20 heavy (non-hydrogen) atoms. The molecule has 1 heterocycles. The molecule has 2 rings (SSSR count). The first kappa shape index (κ1) is 14.7. The van der Waals surface area contributed by atoms with Crippen LogP contribution >= 0.6 is 15.9 Å². The van der Waals surface area contributed by atoms with Gasteiger partial charge in [0.05, 0.1) is 0 Å². The van der Waals surface area contributed by atoms with Crippen molar-refractivity contribution in [2.45, 2.75) is 26.4 Å². The maximum Gasteiger partial charge on any atom is 0.345 e. The minimum Gasteiger partial charge on any atom is -0.456 e. The standard InChI is InChI=1S/C14H13BrFNO3/c1-14(2,3)19-13(18)10-11(17-20-12(10)15)8-5-4-6-9(16)7-8/h4-7H,1-3H3. The van der Waals surface area contributed by atoms with E-state index in [4.69, 9.17) is 9.26 Å². The summed E-state index contributed by atoms with van der Waals surface area (Å²) in [5.41, 5.74) is 0.184. The summed E-state index contributed by atoms with van der Waals surface area (Å²) in [5, 5.41) is 3.79. The summed E-state index contributed by atoms with van der Waals surface area (Å²) in [7, 11) is 0. The van der Waals surface area contributed by atoms with E-state index in [1.54, 1.807) is 26.8 Å². The van der Waals surface area contributed by atoms with Gasteiger partial charge < -0.3 is 9.26 Å². The Kier molecular flexibility index (Phi) is 3.94. The van der Waals surface area contributed by atoms with E-state index in [0.29, 0.717) is 5.56 Å². The Morgan fingerprint density at radius 3 is 2.70 bits per heavy atom. The Balaban J connectivity index is 2.45. The van der Waals surface area contributed by atoms with Crippen molar-refractivity contribution in [1.82, 2.24) is 5.16 Å². The minimum atomic E-state index is -0.646. The zero-order chi connectivity index (χ0) is 14.9. The molecular formula is C14H13BrFNO3. The van der Waals surface area contributed by atoms with Crippen LogP contribution in [-0.2, 0) is 4.74 Å². The van der Waals surface area contributed by atoms with Gasteiger partial charge in [-0.25, -0.2) is 9.18 Å². The third-order valence-electron chi connectivity index (χ3n) is 2.35. The summed E-state index contributed by atoms with van der Waals surface area (Å²) >= 11 is 3.12. The molecule has 0 atom stereocenters. The molecule has 106 valence electrons. The molecule has 0 aliphatic heterocycles. The maximum absolute atomic E-state index is 13.3. The predicted octanol–water partition coefficient (Wildman–Crippen LogP) is 4.20. The number of carbonyl (C=O) groups excluding carboxylic acids is 1. The number of halogens is 2. The molecule has 0 aliphatic carbocycles. The highest BCUT2D eigenvalue weighted by Gasteiger charge is 2.27. The van der Waals surface area contributed by atoms with Gasteiger partial charge in [0.15, 0.2) is 0 Å². The number of benzene rings is 1. The van der Waals surface area contributed by atoms with Crippen LogP contribution < -0.4 is 0 Å². The minimum absolute atomic E-state index is 0.144. The van der Waals surface area contributed by atoms with Gasteiger partial charge in [0.1, 0.15) is 22.7 Å². The van der Waals surface area contributed by atoms with E-state index in [1.807, 2.05) is 0 Å². The van der Waals surface area contributed by atoms with Crippen LogP contribution in [0.3, 0.4) is 0 Å². The van der Waals surface area contributed by atoms with Gasteiger partial charge in [-0.1, -0.05) is 17.3 Å². The molecular weight excluding hydrogens is 329 g/mol. The second kappa shape index (κ2) is 5.36. The van der Waals surface area contributed by atoms with E-state index in [9.17, 15) is 9.18 Å². The number of rotatable bonds is 2. The van der Waals surface area contributed by atoms with Gasteiger partial charge in [-0.05, 0) is 48.8 Å². The second-order valence-corrected chi connectivity index (χ2v) is 5.91. The van der Waals surface area contributed by atoms with Crippen LogP contribution in [0.1, 0.15) is 31.1 Å². The maximum atomic E-state index is 13.3. The molecule has 2 aromatic rings. The number of hydrogen-bond acceptors (Lipinski definition) is 4. The van der Waals surface area contributed by atoms with Crippen LogP contribution in [0, 0.1) is 5.82 Å². The zero-order valence-corrected chi connectivity index (χ0v) is 12.8. The number of nitrogens with zero attached hydrogens (tertiary/aromatic N) is 1. The Labute approximate surface area is 124 Å². The van der Waals surface area contributed by atoms with E-state index in [2.05, 4.69) is 21.1 Å². The molecule has 0 radical (unpaired) electrons. The smallest absolute Gasteiger partial charge is 0.345 e. The van der Waals surface area contributed by atoms with E-state index >= 15 is 0 Å². The van der Waals surface area contributed by atoms with Gasteiger partial charge in [0.25, 0.3) is 0 Å². The fourth-order valence-electron chi connectivity index (χ4n) is 1.61. The van der Waals surface area contributed by atoms with Crippen LogP contribution in [-0.4, -0.2) is 16.7 Å². The Morgan fingerprint density at radius 1 is 1.40 bits per heavy atom. The fourth-order valence-corrected chi connectivity index (χ4v) is 2.03. The molecule has 1 aromatic heterocycles. The predicted molar refractivity (Wildman–Crippen MR) is 74.8 cm³/mol. The molecule has 6 heteroatoms. The summed E-state index contributed by atoms with van der Waals surface area (Å²) in [6.07, 6.45) is 0. The fraction of sp³-hybridized carbons (Fsp3) is 0.286. The molecule has 0 saturated heterocycles. The highest BCUT2D eigenvalue weighted by Crippen LogP contribution is 2.30. The summed E-state index contributed by atoms with van der Waals surface area (Å²) in [6.45, 7) is 5.27. The van der Waals surface area contributed by atoms with Crippen molar-refractivity contribution in [2.24, 2.45) is 0 Å². The highest BCUT2D eigenvalue weighted by molar-refractivity contribution is 9.10. The number of aromatic nitrogens is 1. The number of hydrogen-bond donors (Lipinski definition) is 0. The quantitative estimate of drug-likeness (QED) is 0.768. The van der Waals surface area contributed by atoms with Crippen LogP contribution in [0.2, 0.25) is 0 Å². The van der Waals surface area contributed by atoms with Crippen LogP contribution in [0.25, 0.3) is 11.3 Å². The van der Waals surface area contributed by atoms with E-state index in [1.165, 1.54) is 18.2 Å². The summed E-state index contributed by atoms with van der Waals surface area (Å²) in [6, 6.07) is 5.76. The first-order chi connectivity index (χ1) is 9.28. The largest absolute Gasteiger partial charge is 0.456 e. The van der Waals surface area contributed by atoms with Gasteiger partial charge in [-0.15, -0.1) is 0 Å². The van der Waals surface area contributed by atoms with Crippen molar-refractivity contribution >= 4 is 21.9 Å². The monoisotopic (exact) mass is 341 g/mol. The molecule has 0 unspecified atom stereocenters. The van der Waals surface area contributed by atoms with Gasteiger partial charge in [-0.2, -0.15) is 0 Å². The van der Waals surface area contributed by atoms with Crippen LogP contribution in [0.4, 0.5) is 4.39 Å². The van der Waals surface area contributed by atoms with E-state index in [0.717, 1.165) is 0 Å². The van der Waals surface area contributed by atoms with Gasteiger partial charge in [0, 0.05) is 5.56 Å². The van der Waals surface area contributed by atoms with E-state index < -0.39 is 17.4 Å². The highest BCUT2D eigenvalue weighted by atomic mass is 79.9. The third-order valence-corrected chi connectivity index (χ3v) is 2.89. The average Bonchev–Trinajstić information content (AvgIpc) is 2.69. The molecule has 0 fully saturated rings. The average molecular weight is 342 g/mol. The van der Waals surface area contributed by atoms with Gasteiger partial charge in [-0.3, -0.25) is 0 Å². The lowest BCUT2D eigenvalue weighted by atomic mass is 10.1. The topological polar surface area (TPSA) is 52.3 Å². The van der Waals surface area contributed by atoms with Crippen molar-refractivity contribution in [3.8, 4) is 11.3 Å². The lowest BCUT2D eigenvalue weighted by molar-refractivity contribution is 0.00683. The normalized spacial score (nSPS) is 11.4. The first-order valence-corrected chi connectivity index (χ1v) is 6.72. The Morgan fingerprint density at radius 2 is 2.10 bits per heavy atom. The molecule has 1 aromatic carbocycles. The lowest BCUT2D eigenvalue weighted by Crippen LogP contribution is -2.24. The van der Waals surface area contributed by atoms with E-state index in [-0.39, 0.29) is 15.9 Å². The van der Waals surface area contributed by atoms with Gasteiger partial charge in [0.2, 0.25) is 4.67 Å². The molecule has 0 bridgehead atoms. The molecule has 4 nitrogen and oxygen atoms in total. The summed E-state index contributed by atoms with van der Waals surface area (Å²) in [5.74, 6) is -0.998. The first-order valence-electron chi connectivity index (χ1n) is 5.92. The van der Waals surface area contributed by atoms with Crippen molar-refractivity contribution in [1.29, 1.82) is 0 Å². The zero-order valence-electron chi connectivity index (χ0n) is 11.2. The second-order valence-electron chi connectivity index (χ2n) is 5.19. The molecule has 0 aliphatic rings. The van der Waals surface area contributed by atoms with Crippen molar-refractivity contribution in [2.75, 3.05) is 0 Å². The van der Waals surface area contributed by atoms with Crippen molar-refractivity contribution in [3.05, 3.63) is 40.3 Å². The number of esters is 1. The number of carbonyl (C=O) groups is 1. The molecule has 0 N–H and O–H groups in total. The number of ether oxygens (including phenoxy) is 1. The van der Waals surface area contributed by atoms with Crippen LogP contribution in [0.15, 0.2) is 33.5 Å². The van der Waals surface area contributed by atoms with Crippen LogP contribution in [0.5, 0.6) is 0 Å². The van der Waals surface area contributed by atoms with Crippen molar-refractivity contribution < 1.29 is 18.4 Å².